The zero-order valence-electron chi connectivity index (χ0n) is 11.2. The van der Waals surface area contributed by atoms with E-state index in [0.717, 1.165) is 25.7 Å². The van der Waals surface area contributed by atoms with Gasteiger partial charge in [0.05, 0.1) is 6.54 Å². The van der Waals surface area contributed by atoms with Crippen LogP contribution in [0, 0.1) is 5.41 Å². The van der Waals surface area contributed by atoms with Crippen molar-refractivity contribution in [2.24, 2.45) is 11.1 Å². The van der Waals surface area contributed by atoms with Gasteiger partial charge in [0.15, 0.2) is 5.76 Å². The molecule has 0 unspecified atom stereocenters. The maximum atomic E-state index is 12.0. The molecule has 1 saturated carbocycles. The van der Waals surface area contributed by atoms with Crippen molar-refractivity contribution < 1.29 is 9.21 Å². The Labute approximate surface area is 108 Å². The van der Waals surface area contributed by atoms with Crippen LogP contribution >= 0.6 is 0 Å². The highest BCUT2D eigenvalue weighted by Crippen LogP contribution is 2.35. The van der Waals surface area contributed by atoms with Crippen molar-refractivity contribution in [2.45, 2.75) is 52.1 Å². The number of nitrogens with one attached hydrogen (secondary N) is 1. The molecule has 1 aromatic rings. The van der Waals surface area contributed by atoms with Crippen molar-refractivity contribution >= 4 is 5.91 Å². The molecule has 0 saturated heterocycles. The van der Waals surface area contributed by atoms with E-state index >= 15 is 0 Å². The molecular formula is C14H22N2O2. The Morgan fingerprint density at radius 1 is 1.44 bits per heavy atom. The molecule has 1 amide bonds. The molecule has 2 rings (SSSR count). The molecule has 1 aromatic heterocycles. The molecule has 0 aromatic carbocycles. The quantitative estimate of drug-likeness (QED) is 0.865. The third-order valence-electron chi connectivity index (χ3n) is 3.76. The first-order chi connectivity index (χ1) is 8.50. The molecule has 1 fully saturated rings. The maximum absolute atomic E-state index is 12.0. The lowest BCUT2D eigenvalue weighted by Gasteiger charge is -2.34. The standard InChI is InChI=1S/C14H22N2O2/c1-14(2)7-5-10(6-8-14)16-13(17)12-4-3-11(9-15)18-12/h3-4,10H,5-9,15H2,1-2H3,(H,16,17). The highest BCUT2D eigenvalue weighted by atomic mass is 16.4. The van der Waals surface area contributed by atoms with Gasteiger partial charge < -0.3 is 15.5 Å². The van der Waals surface area contributed by atoms with Crippen LogP contribution in [0.15, 0.2) is 16.5 Å². The van der Waals surface area contributed by atoms with Crippen molar-refractivity contribution in [2.75, 3.05) is 0 Å². The largest absolute Gasteiger partial charge is 0.455 e. The number of carbonyl (C=O) groups excluding carboxylic acids is 1. The zero-order chi connectivity index (χ0) is 13.2. The fraction of sp³-hybridized carbons (Fsp3) is 0.643. The van der Waals surface area contributed by atoms with E-state index in [1.165, 1.54) is 0 Å². The Morgan fingerprint density at radius 2 is 2.11 bits per heavy atom. The third kappa shape index (κ3) is 3.13. The van der Waals surface area contributed by atoms with Gasteiger partial charge in [0.1, 0.15) is 5.76 Å². The molecule has 18 heavy (non-hydrogen) atoms. The summed E-state index contributed by atoms with van der Waals surface area (Å²) in [6.07, 6.45) is 4.40. The van der Waals surface area contributed by atoms with E-state index in [-0.39, 0.29) is 11.9 Å². The van der Waals surface area contributed by atoms with Crippen LogP contribution in [-0.4, -0.2) is 11.9 Å². The summed E-state index contributed by atoms with van der Waals surface area (Å²) in [5.41, 5.74) is 5.87. The minimum atomic E-state index is -0.126. The predicted molar refractivity (Wildman–Crippen MR) is 70.1 cm³/mol. The lowest BCUT2D eigenvalue weighted by atomic mass is 9.75. The first-order valence-corrected chi connectivity index (χ1v) is 6.60. The number of furan rings is 1. The minimum absolute atomic E-state index is 0.126. The molecule has 100 valence electrons. The highest BCUT2D eigenvalue weighted by molar-refractivity contribution is 5.91. The third-order valence-corrected chi connectivity index (χ3v) is 3.76. The molecule has 0 radical (unpaired) electrons. The summed E-state index contributed by atoms with van der Waals surface area (Å²) >= 11 is 0. The van der Waals surface area contributed by atoms with Crippen molar-refractivity contribution in [1.82, 2.24) is 5.32 Å². The number of rotatable bonds is 3. The van der Waals surface area contributed by atoms with Gasteiger partial charge in [0, 0.05) is 6.04 Å². The molecule has 0 atom stereocenters. The topological polar surface area (TPSA) is 68.3 Å². The normalized spacial score (nSPS) is 19.7. The van der Waals surface area contributed by atoms with Gasteiger partial charge in [-0.05, 0) is 43.2 Å². The molecule has 0 aliphatic heterocycles. The van der Waals surface area contributed by atoms with Gasteiger partial charge in [-0.2, -0.15) is 0 Å². The maximum Gasteiger partial charge on any atom is 0.287 e. The van der Waals surface area contributed by atoms with Crippen molar-refractivity contribution in [3.8, 4) is 0 Å². The molecule has 4 heteroatoms. The van der Waals surface area contributed by atoms with Gasteiger partial charge in [-0.1, -0.05) is 13.8 Å². The van der Waals surface area contributed by atoms with Crippen molar-refractivity contribution in [3.05, 3.63) is 23.7 Å². The monoisotopic (exact) mass is 250 g/mol. The highest BCUT2D eigenvalue weighted by Gasteiger charge is 2.28. The zero-order valence-corrected chi connectivity index (χ0v) is 11.2. The van der Waals surface area contributed by atoms with Crippen LogP contribution in [0.3, 0.4) is 0 Å². The first-order valence-electron chi connectivity index (χ1n) is 6.60. The van der Waals surface area contributed by atoms with E-state index in [9.17, 15) is 4.79 Å². The van der Waals surface area contributed by atoms with Crippen LogP contribution in [-0.2, 0) is 6.54 Å². The van der Waals surface area contributed by atoms with Crippen LogP contribution in [0.1, 0.15) is 55.8 Å². The number of carbonyl (C=O) groups is 1. The van der Waals surface area contributed by atoms with Crippen molar-refractivity contribution in [1.29, 1.82) is 0 Å². The minimum Gasteiger partial charge on any atom is -0.455 e. The summed E-state index contributed by atoms with van der Waals surface area (Å²) in [5.74, 6) is 0.879. The second-order valence-corrected chi connectivity index (χ2v) is 5.88. The molecular weight excluding hydrogens is 228 g/mol. The van der Waals surface area contributed by atoms with E-state index < -0.39 is 0 Å². The average Bonchev–Trinajstić information content (AvgIpc) is 2.80. The van der Waals surface area contributed by atoms with E-state index in [2.05, 4.69) is 19.2 Å². The molecule has 3 N–H and O–H groups in total. The molecule has 1 aliphatic rings. The Kier molecular flexibility index (Phi) is 3.76. The van der Waals surface area contributed by atoms with E-state index in [0.29, 0.717) is 23.5 Å². The average molecular weight is 250 g/mol. The summed E-state index contributed by atoms with van der Waals surface area (Å²) in [5, 5.41) is 3.04. The van der Waals surface area contributed by atoms with Crippen LogP contribution < -0.4 is 11.1 Å². The summed E-state index contributed by atoms with van der Waals surface area (Å²) in [6, 6.07) is 3.71. The predicted octanol–water partition coefficient (Wildman–Crippen LogP) is 2.44. The Balaban J connectivity index is 1.88. The van der Waals surface area contributed by atoms with Crippen molar-refractivity contribution in [3.63, 3.8) is 0 Å². The Bertz CT molecular complexity index is 413. The van der Waals surface area contributed by atoms with Crippen LogP contribution in [0.4, 0.5) is 0 Å². The Hall–Kier alpha value is -1.29. The van der Waals surface area contributed by atoms with Crippen LogP contribution in [0.2, 0.25) is 0 Å². The van der Waals surface area contributed by atoms with Gasteiger partial charge in [-0.25, -0.2) is 0 Å². The number of hydrogen-bond acceptors (Lipinski definition) is 3. The number of hydrogen-bond donors (Lipinski definition) is 2. The molecule has 1 aliphatic carbocycles. The molecule has 1 heterocycles. The smallest absolute Gasteiger partial charge is 0.287 e. The van der Waals surface area contributed by atoms with Gasteiger partial charge in [-0.3, -0.25) is 4.79 Å². The fourth-order valence-electron chi connectivity index (χ4n) is 2.41. The first kappa shape index (κ1) is 13.1. The summed E-state index contributed by atoms with van der Waals surface area (Å²) in [4.78, 5) is 12.0. The fourth-order valence-corrected chi connectivity index (χ4v) is 2.41. The van der Waals surface area contributed by atoms with Gasteiger partial charge in [0.25, 0.3) is 5.91 Å². The lowest BCUT2D eigenvalue weighted by molar-refractivity contribution is 0.0879. The number of nitrogens with two attached hydrogens (primary N) is 1. The Morgan fingerprint density at radius 3 is 2.67 bits per heavy atom. The van der Waals surface area contributed by atoms with Gasteiger partial charge >= 0.3 is 0 Å². The summed E-state index contributed by atoms with van der Waals surface area (Å²) in [7, 11) is 0. The molecule has 0 spiro atoms. The molecule has 0 bridgehead atoms. The summed E-state index contributed by atoms with van der Waals surface area (Å²) in [6.45, 7) is 4.89. The van der Waals surface area contributed by atoms with Crippen LogP contribution in [0.25, 0.3) is 0 Å². The SMILES string of the molecule is CC1(C)CCC(NC(=O)c2ccc(CN)o2)CC1. The van der Waals surface area contributed by atoms with Gasteiger partial charge in [-0.15, -0.1) is 0 Å². The van der Waals surface area contributed by atoms with Gasteiger partial charge in [0.2, 0.25) is 0 Å². The molecule has 4 nitrogen and oxygen atoms in total. The second-order valence-electron chi connectivity index (χ2n) is 5.88. The summed E-state index contributed by atoms with van der Waals surface area (Å²) < 4.78 is 5.34. The van der Waals surface area contributed by atoms with E-state index in [4.69, 9.17) is 10.2 Å². The lowest BCUT2D eigenvalue weighted by Crippen LogP contribution is -2.39. The van der Waals surface area contributed by atoms with E-state index in [1.54, 1.807) is 12.1 Å². The number of amides is 1. The van der Waals surface area contributed by atoms with E-state index in [1.807, 2.05) is 0 Å². The second kappa shape index (κ2) is 5.14. The van der Waals surface area contributed by atoms with Crippen LogP contribution in [0.5, 0.6) is 0 Å².